The minimum Gasteiger partial charge on any atom is -0.494 e. The molecule has 0 amide bonds. The number of carboxylic acid groups (broad SMARTS) is 1. The Kier molecular flexibility index (Phi) is 10.3. The first-order valence-corrected chi connectivity index (χ1v) is 10.5. The van der Waals surface area contributed by atoms with Gasteiger partial charge in [-0.15, -0.1) is 6.58 Å². The molecular weight excluding hydrogens is 372 g/mol. The van der Waals surface area contributed by atoms with Crippen LogP contribution in [0.2, 0.25) is 0 Å². The maximum Gasteiger partial charge on any atom is 0.314 e. The first-order chi connectivity index (χ1) is 14.1. The molecule has 0 spiro atoms. The van der Waals surface area contributed by atoms with Gasteiger partial charge in [0.2, 0.25) is 0 Å². The van der Waals surface area contributed by atoms with Gasteiger partial charge in [0.25, 0.3) is 0 Å². The topological polar surface area (TPSA) is 82.1 Å². The third-order valence-corrected chi connectivity index (χ3v) is 5.14. The molecule has 0 atom stereocenters. The van der Waals surface area contributed by atoms with E-state index in [0.29, 0.717) is 44.6 Å². The maximum atomic E-state index is 12.3. The van der Waals surface area contributed by atoms with Crippen LogP contribution in [0.3, 0.4) is 0 Å². The summed E-state index contributed by atoms with van der Waals surface area (Å²) in [5.41, 5.74) is 0. The molecule has 6 heteroatoms. The number of carbonyl (C=O) groups is 2. The summed E-state index contributed by atoms with van der Waals surface area (Å²) in [7, 11) is 0. The molecule has 1 saturated carbocycles. The molecule has 1 aromatic carbocycles. The van der Waals surface area contributed by atoms with Gasteiger partial charge in [0.15, 0.2) is 0 Å². The number of carboxylic acids is 1. The largest absolute Gasteiger partial charge is 0.494 e. The smallest absolute Gasteiger partial charge is 0.314 e. The molecule has 2 rings (SSSR count). The van der Waals surface area contributed by atoms with Gasteiger partial charge in [-0.25, -0.2) is 0 Å². The molecule has 1 N–H and O–H groups in total. The van der Waals surface area contributed by atoms with Gasteiger partial charge >= 0.3 is 11.9 Å². The van der Waals surface area contributed by atoms with E-state index in [1.807, 2.05) is 0 Å². The van der Waals surface area contributed by atoms with Crippen molar-refractivity contribution >= 4 is 11.9 Å². The summed E-state index contributed by atoms with van der Waals surface area (Å²) in [4.78, 5) is 23.3. The Morgan fingerprint density at radius 1 is 0.931 bits per heavy atom. The van der Waals surface area contributed by atoms with E-state index in [-0.39, 0.29) is 17.8 Å². The lowest BCUT2D eigenvalue weighted by atomic mass is 9.82. The Morgan fingerprint density at radius 3 is 2.14 bits per heavy atom. The van der Waals surface area contributed by atoms with Gasteiger partial charge in [0.05, 0.1) is 25.0 Å². The average molecular weight is 405 g/mol. The van der Waals surface area contributed by atoms with Crippen LogP contribution in [0.25, 0.3) is 0 Å². The Labute approximate surface area is 172 Å². The highest BCUT2D eigenvalue weighted by Crippen LogP contribution is 2.30. The first-order valence-electron chi connectivity index (χ1n) is 10.5. The van der Waals surface area contributed by atoms with Crippen molar-refractivity contribution in [1.82, 2.24) is 0 Å². The average Bonchev–Trinajstić information content (AvgIpc) is 2.73. The van der Waals surface area contributed by atoms with Crippen molar-refractivity contribution in [2.24, 2.45) is 11.8 Å². The van der Waals surface area contributed by atoms with Gasteiger partial charge in [-0.3, -0.25) is 9.59 Å². The van der Waals surface area contributed by atoms with E-state index in [1.54, 1.807) is 30.3 Å². The Morgan fingerprint density at radius 2 is 1.52 bits per heavy atom. The molecule has 0 radical (unpaired) electrons. The highest BCUT2D eigenvalue weighted by Gasteiger charge is 2.30. The summed E-state index contributed by atoms with van der Waals surface area (Å²) in [6.07, 6.45) is 8.19. The molecule has 1 fully saturated rings. The van der Waals surface area contributed by atoms with Crippen LogP contribution in [0.4, 0.5) is 0 Å². The summed E-state index contributed by atoms with van der Waals surface area (Å²) >= 11 is 0. The van der Waals surface area contributed by atoms with Crippen molar-refractivity contribution < 1.29 is 28.9 Å². The first kappa shape index (κ1) is 22.9. The number of hydrogen-bond acceptors (Lipinski definition) is 5. The van der Waals surface area contributed by atoms with Gasteiger partial charge in [-0.2, -0.15) is 0 Å². The van der Waals surface area contributed by atoms with Crippen LogP contribution < -0.4 is 9.47 Å². The zero-order chi connectivity index (χ0) is 20.9. The van der Waals surface area contributed by atoms with E-state index in [0.717, 1.165) is 38.0 Å². The van der Waals surface area contributed by atoms with Crippen LogP contribution in [0, 0.1) is 11.8 Å². The predicted molar refractivity (Wildman–Crippen MR) is 110 cm³/mol. The predicted octanol–water partition coefficient (Wildman–Crippen LogP) is 4.62. The Bertz CT molecular complexity index is 631. The number of carbonyl (C=O) groups excluding carboxylic acids is 1. The fourth-order valence-electron chi connectivity index (χ4n) is 3.40. The van der Waals surface area contributed by atoms with E-state index in [1.165, 1.54) is 0 Å². The zero-order valence-electron chi connectivity index (χ0n) is 17.0. The van der Waals surface area contributed by atoms with Crippen LogP contribution >= 0.6 is 0 Å². The zero-order valence-corrected chi connectivity index (χ0v) is 17.0. The molecule has 0 bridgehead atoms. The van der Waals surface area contributed by atoms with Crippen molar-refractivity contribution in [2.45, 2.75) is 51.4 Å². The molecule has 6 nitrogen and oxygen atoms in total. The molecule has 1 aliphatic carbocycles. The lowest BCUT2D eigenvalue weighted by Crippen LogP contribution is -2.28. The second-order valence-electron chi connectivity index (χ2n) is 7.41. The molecule has 0 heterocycles. The quantitative estimate of drug-likeness (QED) is 0.223. The Hall–Kier alpha value is -2.34. The molecule has 0 aliphatic heterocycles. The van der Waals surface area contributed by atoms with Crippen molar-refractivity contribution in [3.63, 3.8) is 0 Å². The van der Waals surface area contributed by atoms with Crippen LogP contribution in [-0.4, -0.2) is 36.9 Å². The van der Waals surface area contributed by atoms with Crippen LogP contribution in [-0.2, 0) is 14.3 Å². The molecule has 0 unspecified atom stereocenters. The van der Waals surface area contributed by atoms with Crippen LogP contribution in [0.5, 0.6) is 11.5 Å². The van der Waals surface area contributed by atoms with Gasteiger partial charge in [-0.1, -0.05) is 12.5 Å². The second kappa shape index (κ2) is 13.0. The number of esters is 1. The van der Waals surface area contributed by atoms with E-state index in [2.05, 4.69) is 6.58 Å². The normalized spacial score (nSPS) is 18.8. The SMILES string of the molecule is C=CCOCCCCCCOc1ccc(OC(=O)C2CCC(C(=O)O)CC2)cc1. The van der Waals surface area contributed by atoms with Gasteiger partial charge < -0.3 is 19.3 Å². The molecule has 160 valence electrons. The number of rotatable bonds is 13. The van der Waals surface area contributed by atoms with Crippen LogP contribution in [0.1, 0.15) is 51.4 Å². The lowest BCUT2D eigenvalue weighted by Gasteiger charge is -2.24. The Balaban J connectivity index is 1.60. The van der Waals surface area contributed by atoms with Crippen molar-refractivity contribution in [3.05, 3.63) is 36.9 Å². The molecule has 0 saturated heterocycles. The number of unbranched alkanes of at least 4 members (excludes halogenated alkanes) is 3. The molecule has 0 aromatic heterocycles. The maximum absolute atomic E-state index is 12.3. The minimum atomic E-state index is -0.773. The number of hydrogen-bond donors (Lipinski definition) is 1. The van der Waals surface area contributed by atoms with E-state index in [9.17, 15) is 9.59 Å². The lowest BCUT2D eigenvalue weighted by molar-refractivity contribution is -0.146. The van der Waals surface area contributed by atoms with Gasteiger partial charge in [0.1, 0.15) is 11.5 Å². The van der Waals surface area contributed by atoms with E-state index < -0.39 is 5.97 Å². The van der Waals surface area contributed by atoms with E-state index >= 15 is 0 Å². The highest BCUT2D eigenvalue weighted by molar-refractivity contribution is 5.76. The number of ether oxygens (including phenoxy) is 3. The fraction of sp³-hybridized carbons (Fsp3) is 0.565. The molecule has 1 aromatic rings. The minimum absolute atomic E-state index is 0.219. The van der Waals surface area contributed by atoms with Crippen molar-refractivity contribution in [2.75, 3.05) is 19.8 Å². The summed E-state index contributed by atoms with van der Waals surface area (Å²) in [5.74, 6) is -0.363. The third kappa shape index (κ3) is 8.69. The molecule has 29 heavy (non-hydrogen) atoms. The van der Waals surface area contributed by atoms with Crippen LogP contribution in [0.15, 0.2) is 36.9 Å². The highest BCUT2D eigenvalue weighted by atomic mass is 16.5. The summed E-state index contributed by atoms with van der Waals surface area (Å²) in [6, 6.07) is 7.06. The standard InChI is InChI=1S/C23H32O6/c1-2-15-27-16-5-3-4-6-17-28-20-11-13-21(14-12-20)29-23(26)19-9-7-18(8-10-19)22(24)25/h2,11-14,18-19H,1,3-10,15-17H2,(H,24,25). The molecular formula is C23H32O6. The number of benzene rings is 1. The van der Waals surface area contributed by atoms with E-state index in [4.69, 9.17) is 19.3 Å². The van der Waals surface area contributed by atoms with Gasteiger partial charge in [0, 0.05) is 6.61 Å². The summed E-state index contributed by atoms with van der Waals surface area (Å²) in [5, 5.41) is 9.03. The monoisotopic (exact) mass is 404 g/mol. The van der Waals surface area contributed by atoms with Gasteiger partial charge in [-0.05, 0) is 69.2 Å². The summed E-state index contributed by atoms with van der Waals surface area (Å²) in [6.45, 7) is 5.65. The second-order valence-corrected chi connectivity index (χ2v) is 7.41. The van der Waals surface area contributed by atoms with Crippen molar-refractivity contribution in [1.29, 1.82) is 0 Å². The van der Waals surface area contributed by atoms with Crippen molar-refractivity contribution in [3.8, 4) is 11.5 Å². The third-order valence-electron chi connectivity index (χ3n) is 5.14. The number of aliphatic carboxylic acids is 1. The fourth-order valence-corrected chi connectivity index (χ4v) is 3.40. The summed E-state index contributed by atoms with van der Waals surface area (Å²) < 4.78 is 16.5. The molecule has 1 aliphatic rings.